The molecule has 0 radical (unpaired) electrons. The van der Waals surface area contributed by atoms with Crippen molar-refractivity contribution in [3.05, 3.63) is 36.0 Å². The Hall–Kier alpha value is -1.32. The van der Waals surface area contributed by atoms with E-state index in [1.807, 2.05) is 43.4 Å². The number of aromatic amines is 1. The lowest BCUT2D eigenvalue weighted by Gasteiger charge is -2.21. The SMILES string of the molecule is CN(C)C(CO)c1c[nH]c2ccccc12. The molecule has 3 heteroatoms. The maximum atomic E-state index is 9.37. The highest BCUT2D eigenvalue weighted by Crippen LogP contribution is 2.26. The van der Waals surface area contributed by atoms with Crippen molar-refractivity contribution in [2.75, 3.05) is 20.7 Å². The third kappa shape index (κ3) is 1.76. The van der Waals surface area contributed by atoms with Crippen molar-refractivity contribution in [2.45, 2.75) is 6.04 Å². The summed E-state index contributed by atoms with van der Waals surface area (Å²) < 4.78 is 0. The lowest BCUT2D eigenvalue weighted by Crippen LogP contribution is -2.22. The molecule has 1 aromatic heterocycles. The second-order valence-electron chi connectivity index (χ2n) is 3.95. The number of aromatic nitrogens is 1. The molecule has 1 heterocycles. The average molecular weight is 204 g/mol. The fourth-order valence-electron chi connectivity index (χ4n) is 1.91. The van der Waals surface area contributed by atoms with Crippen LogP contribution in [0.15, 0.2) is 30.5 Å². The normalized spacial score (nSPS) is 13.6. The predicted octanol–water partition coefficient (Wildman–Crippen LogP) is 1.76. The molecule has 0 amide bonds. The van der Waals surface area contributed by atoms with Crippen molar-refractivity contribution < 1.29 is 5.11 Å². The number of rotatable bonds is 3. The molecule has 0 aliphatic rings. The third-order valence-corrected chi connectivity index (χ3v) is 2.78. The van der Waals surface area contributed by atoms with Gasteiger partial charge < -0.3 is 15.0 Å². The molecule has 1 atom stereocenters. The average Bonchev–Trinajstić information content (AvgIpc) is 2.63. The minimum Gasteiger partial charge on any atom is -0.394 e. The summed E-state index contributed by atoms with van der Waals surface area (Å²) in [6.07, 6.45) is 1.98. The van der Waals surface area contributed by atoms with E-state index >= 15 is 0 Å². The van der Waals surface area contributed by atoms with Gasteiger partial charge in [0.15, 0.2) is 0 Å². The number of aliphatic hydroxyl groups is 1. The van der Waals surface area contributed by atoms with Crippen molar-refractivity contribution in [3.8, 4) is 0 Å². The molecular weight excluding hydrogens is 188 g/mol. The zero-order valence-corrected chi connectivity index (χ0v) is 9.07. The fourth-order valence-corrected chi connectivity index (χ4v) is 1.91. The number of H-pyrrole nitrogens is 1. The summed E-state index contributed by atoms with van der Waals surface area (Å²) >= 11 is 0. The molecule has 15 heavy (non-hydrogen) atoms. The summed E-state index contributed by atoms with van der Waals surface area (Å²) in [6, 6.07) is 8.20. The maximum Gasteiger partial charge on any atom is 0.0629 e. The summed E-state index contributed by atoms with van der Waals surface area (Å²) in [5.74, 6) is 0. The van der Waals surface area contributed by atoms with Gasteiger partial charge in [-0.2, -0.15) is 0 Å². The van der Waals surface area contributed by atoms with Crippen LogP contribution in [0.25, 0.3) is 10.9 Å². The van der Waals surface area contributed by atoms with Crippen LogP contribution in [0.5, 0.6) is 0 Å². The molecule has 1 aromatic carbocycles. The Labute approximate surface area is 89.3 Å². The van der Waals surface area contributed by atoms with Crippen LogP contribution in [0.3, 0.4) is 0 Å². The molecule has 0 bridgehead atoms. The van der Waals surface area contributed by atoms with Crippen LogP contribution < -0.4 is 0 Å². The standard InChI is InChI=1S/C12H16N2O/c1-14(2)12(8-15)10-7-13-11-6-4-3-5-9(10)11/h3-7,12-13,15H,8H2,1-2H3. The first-order valence-corrected chi connectivity index (χ1v) is 5.07. The van der Waals surface area contributed by atoms with Crippen molar-refractivity contribution in [1.82, 2.24) is 9.88 Å². The van der Waals surface area contributed by atoms with E-state index in [1.165, 1.54) is 5.39 Å². The molecule has 2 N–H and O–H groups in total. The number of likely N-dealkylation sites (N-methyl/N-ethyl adjacent to an activating group) is 1. The number of nitrogens with zero attached hydrogens (tertiary/aromatic N) is 1. The van der Waals surface area contributed by atoms with Crippen LogP contribution in [0.4, 0.5) is 0 Å². The summed E-state index contributed by atoms with van der Waals surface area (Å²) in [4.78, 5) is 5.24. The molecule has 0 spiro atoms. The zero-order chi connectivity index (χ0) is 10.8. The third-order valence-electron chi connectivity index (χ3n) is 2.78. The second-order valence-corrected chi connectivity index (χ2v) is 3.95. The van der Waals surface area contributed by atoms with Crippen LogP contribution in [0.1, 0.15) is 11.6 Å². The van der Waals surface area contributed by atoms with Gasteiger partial charge in [0.05, 0.1) is 12.6 Å². The highest BCUT2D eigenvalue weighted by Gasteiger charge is 2.16. The molecule has 80 valence electrons. The molecule has 2 aromatic rings. The van der Waals surface area contributed by atoms with E-state index < -0.39 is 0 Å². The first-order chi connectivity index (χ1) is 7.24. The van der Waals surface area contributed by atoms with Gasteiger partial charge >= 0.3 is 0 Å². The van der Waals surface area contributed by atoms with E-state index in [0.29, 0.717) is 0 Å². The van der Waals surface area contributed by atoms with Gasteiger partial charge in [-0.25, -0.2) is 0 Å². The summed E-state index contributed by atoms with van der Waals surface area (Å²) in [7, 11) is 3.95. The number of nitrogens with one attached hydrogen (secondary N) is 1. The highest BCUT2D eigenvalue weighted by atomic mass is 16.3. The Kier molecular flexibility index (Phi) is 2.75. The number of hydrogen-bond donors (Lipinski definition) is 2. The minimum atomic E-state index is 0.0566. The Balaban J connectivity index is 2.51. The zero-order valence-electron chi connectivity index (χ0n) is 9.07. The molecular formula is C12H16N2O. The lowest BCUT2D eigenvalue weighted by molar-refractivity contribution is 0.172. The summed E-state index contributed by atoms with van der Waals surface area (Å²) in [5, 5.41) is 10.6. The number of fused-ring (bicyclic) bond motifs is 1. The van der Waals surface area contributed by atoms with E-state index in [9.17, 15) is 5.11 Å². The molecule has 0 aliphatic carbocycles. The Bertz CT molecular complexity index is 448. The van der Waals surface area contributed by atoms with Crippen LogP contribution in [-0.4, -0.2) is 35.7 Å². The number of aliphatic hydroxyl groups excluding tert-OH is 1. The van der Waals surface area contributed by atoms with Gasteiger partial charge in [0.25, 0.3) is 0 Å². The van der Waals surface area contributed by atoms with Crippen LogP contribution in [0, 0.1) is 0 Å². The van der Waals surface area contributed by atoms with Gasteiger partial charge in [-0.15, -0.1) is 0 Å². The quantitative estimate of drug-likeness (QED) is 0.799. The molecule has 3 nitrogen and oxygen atoms in total. The van der Waals surface area contributed by atoms with Gasteiger partial charge in [-0.1, -0.05) is 18.2 Å². The molecule has 0 saturated carbocycles. The Morgan fingerprint density at radius 1 is 1.33 bits per heavy atom. The van der Waals surface area contributed by atoms with Crippen LogP contribution in [0.2, 0.25) is 0 Å². The largest absolute Gasteiger partial charge is 0.394 e. The van der Waals surface area contributed by atoms with Crippen molar-refractivity contribution in [2.24, 2.45) is 0 Å². The van der Waals surface area contributed by atoms with E-state index in [-0.39, 0.29) is 12.6 Å². The van der Waals surface area contributed by atoms with Gasteiger partial charge in [0.1, 0.15) is 0 Å². The van der Waals surface area contributed by atoms with Crippen LogP contribution in [-0.2, 0) is 0 Å². The Morgan fingerprint density at radius 2 is 2.07 bits per heavy atom. The van der Waals surface area contributed by atoms with Crippen molar-refractivity contribution >= 4 is 10.9 Å². The number of benzene rings is 1. The van der Waals surface area contributed by atoms with E-state index in [2.05, 4.69) is 11.1 Å². The highest BCUT2D eigenvalue weighted by molar-refractivity contribution is 5.83. The summed E-state index contributed by atoms with van der Waals surface area (Å²) in [5.41, 5.74) is 2.27. The molecule has 0 fully saturated rings. The summed E-state index contributed by atoms with van der Waals surface area (Å²) in [6.45, 7) is 0.134. The molecule has 0 saturated heterocycles. The Morgan fingerprint density at radius 3 is 2.73 bits per heavy atom. The second kappa shape index (κ2) is 4.04. The first-order valence-electron chi connectivity index (χ1n) is 5.07. The topological polar surface area (TPSA) is 39.3 Å². The smallest absolute Gasteiger partial charge is 0.0629 e. The molecule has 0 aliphatic heterocycles. The van der Waals surface area contributed by atoms with Gasteiger partial charge in [-0.05, 0) is 25.7 Å². The minimum absolute atomic E-state index is 0.0566. The monoisotopic (exact) mass is 204 g/mol. The van der Waals surface area contributed by atoms with Crippen LogP contribution >= 0.6 is 0 Å². The van der Waals surface area contributed by atoms with Gasteiger partial charge in [0.2, 0.25) is 0 Å². The van der Waals surface area contributed by atoms with Crippen molar-refractivity contribution in [3.63, 3.8) is 0 Å². The van der Waals surface area contributed by atoms with Gasteiger partial charge in [0, 0.05) is 17.1 Å². The fraction of sp³-hybridized carbons (Fsp3) is 0.333. The molecule has 2 rings (SSSR count). The predicted molar refractivity (Wildman–Crippen MR) is 61.8 cm³/mol. The van der Waals surface area contributed by atoms with E-state index in [0.717, 1.165) is 11.1 Å². The molecule has 1 unspecified atom stereocenters. The van der Waals surface area contributed by atoms with E-state index in [4.69, 9.17) is 0 Å². The maximum absolute atomic E-state index is 9.37. The number of hydrogen-bond acceptors (Lipinski definition) is 2. The number of para-hydroxylation sites is 1. The lowest BCUT2D eigenvalue weighted by atomic mass is 10.1. The van der Waals surface area contributed by atoms with E-state index in [1.54, 1.807) is 0 Å². The van der Waals surface area contributed by atoms with Gasteiger partial charge in [-0.3, -0.25) is 0 Å². The van der Waals surface area contributed by atoms with Crippen molar-refractivity contribution in [1.29, 1.82) is 0 Å². The first kappa shape index (κ1) is 10.2.